The fraction of sp³-hybridized carbons (Fsp3) is 0.533. The molecule has 4 heteroatoms. The summed E-state index contributed by atoms with van der Waals surface area (Å²) in [4.78, 5) is 14.5. The first kappa shape index (κ1) is 12.5. The fourth-order valence-electron chi connectivity index (χ4n) is 3.02. The van der Waals surface area contributed by atoms with Gasteiger partial charge in [-0.3, -0.25) is 4.79 Å². The van der Waals surface area contributed by atoms with Gasteiger partial charge in [0.05, 0.1) is 0 Å². The maximum absolute atomic E-state index is 12.2. The first-order valence-electron chi connectivity index (χ1n) is 7.03. The molecule has 2 unspecified atom stereocenters. The van der Waals surface area contributed by atoms with Crippen LogP contribution in [0.5, 0.6) is 0 Å². The van der Waals surface area contributed by atoms with Crippen molar-refractivity contribution in [1.29, 1.82) is 0 Å². The Kier molecular flexibility index (Phi) is 3.42. The third-order valence-electron chi connectivity index (χ3n) is 4.14. The third kappa shape index (κ3) is 2.73. The zero-order valence-corrected chi connectivity index (χ0v) is 11.4. The normalized spacial score (nSPS) is 25.9. The minimum Gasteiger partial charge on any atom is -0.373 e. The minimum atomic E-state index is -0.100. The summed E-state index contributed by atoms with van der Waals surface area (Å²) in [6.07, 6.45) is 1.99. The van der Waals surface area contributed by atoms with Gasteiger partial charge in [0.15, 0.2) is 0 Å². The highest BCUT2D eigenvalue weighted by Crippen LogP contribution is 2.25. The van der Waals surface area contributed by atoms with Gasteiger partial charge in [0.2, 0.25) is 5.91 Å². The summed E-state index contributed by atoms with van der Waals surface area (Å²) in [6, 6.07) is 8.04. The maximum atomic E-state index is 12.2. The second kappa shape index (κ2) is 5.21. The van der Waals surface area contributed by atoms with E-state index in [1.54, 1.807) is 0 Å². The van der Waals surface area contributed by atoms with E-state index in [0.29, 0.717) is 5.92 Å². The number of benzene rings is 1. The first-order chi connectivity index (χ1) is 9.22. The minimum absolute atomic E-state index is 0.100. The van der Waals surface area contributed by atoms with Crippen molar-refractivity contribution in [2.45, 2.75) is 18.9 Å². The molecule has 1 fully saturated rings. The molecule has 1 saturated heterocycles. The lowest BCUT2D eigenvalue weighted by atomic mass is 10.1. The average Bonchev–Trinajstić information content (AvgIpc) is 3.01. The molecule has 102 valence electrons. The molecule has 1 amide bonds. The number of likely N-dealkylation sites (tertiary alicyclic amines) is 1. The van der Waals surface area contributed by atoms with Gasteiger partial charge in [-0.2, -0.15) is 0 Å². The van der Waals surface area contributed by atoms with Crippen LogP contribution in [0.2, 0.25) is 0 Å². The monoisotopic (exact) mass is 259 g/mol. The van der Waals surface area contributed by atoms with E-state index in [2.05, 4.69) is 28.6 Å². The summed E-state index contributed by atoms with van der Waals surface area (Å²) in [5.74, 6) is 0.739. The van der Waals surface area contributed by atoms with Gasteiger partial charge in [0, 0.05) is 25.2 Å². The molecule has 0 aromatic heterocycles. The highest BCUT2D eigenvalue weighted by atomic mass is 16.2. The molecule has 1 aromatic carbocycles. The van der Waals surface area contributed by atoms with Crippen LogP contribution in [0.25, 0.3) is 0 Å². The smallest absolute Gasteiger partial charge is 0.242 e. The number of hydrogen-bond donors (Lipinski definition) is 2. The molecule has 0 saturated carbocycles. The Morgan fingerprint density at radius 3 is 3.05 bits per heavy atom. The van der Waals surface area contributed by atoms with E-state index in [9.17, 15) is 4.79 Å². The summed E-state index contributed by atoms with van der Waals surface area (Å²) in [5.41, 5.74) is 2.34. The number of para-hydroxylation sites is 1. The number of amides is 1. The Hall–Kier alpha value is -1.55. The van der Waals surface area contributed by atoms with Gasteiger partial charge in [-0.25, -0.2) is 0 Å². The van der Waals surface area contributed by atoms with Crippen molar-refractivity contribution in [3.8, 4) is 0 Å². The third-order valence-corrected chi connectivity index (χ3v) is 4.14. The van der Waals surface area contributed by atoms with Crippen LogP contribution in [0.1, 0.15) is 12.0 Å². The molecule has 0 radical (unpaired) electrons. The van der Waals surface area contributed by atoms with E-state index in [1.807, 2.05) is 18.2 Å². The molecule has 4 nitrogen and oxygen atoms in total. The van der Waals surface area contributed by atoms with Gasteiger partial charge in [0.25, 0.3) is 0 Å². The molecule has 19 heavy (non-hydrogen) atoms. The molecule has 2 heterocycles. The molecular formula is C15H21N3O. The Morgan fingerprint density at radius 2 is 2.32 bits per heavy atom. The van der Waals surface area contributed by atoms with Crippen LogP contribution >= 0.6 is 0 Å². The van der Waals surface area contributed by atoms with Gasteiger partial charge in [0.1, 0.15) is 6.04 Å². The van der Waals surface area contributed by atoms with Crippen molar-refractivity contribution in [2.24, 2.45) is 5.92 Å². The molecule has 2 N–H and O–H groups in total. The van der Waals surface area contributed by atoms with Crippen LogP contribution in [-0.2, 0) is 11.2 Å². The summed E-state index contributed by atoms with van der Waals surface area (Å²) < 4.78 is 0. The second-order valence-electron chi connectivity index (χ2n) is 5.72. The van der Waals surface area contributed by atoms with Crippen LogP contribution in [0.4, 0.5) is 5.69 Å². The van der Waals surface area contributed by atoms with Gasteiger partial charge in [-0.15, -0.1) is 0 Å². The maximum Gasteiger partial charge on any atom is 0.242 e. The average molecular weight is 259 g/mol. The van der Waals surface area contributed by atoms with Crippen LogP contribution in [0.15, 0.2) is 24.3 Å². The van der Waals surface area contributed by atoms with Gasteiger partial charge < -0.3 is 15.5 Å². The van der Waals surface area contributed by atoms with Crippen LogP contribution in [0, 0.1) is 5.92 Å². The lowest BCUT2D eigenvalue weighted by molar-refractivity contribution is -0.121. The number of carbonyl (C=O) groups is 1. The van der Waals surface area contributed by atoms with Crippen molar-refractivity contribution < 1.29 is 4.79 Å². The Balaban J connectivity index is 1.50. The topological polar surface area (TPSA) is 44.4 Å². The fourth-order valence-corrected chi connectivity index (χ4v) is 3.02. The molecular weight excluding hydrogens is 238 g/mol. The summed E-state index contributed by atoms with van der Waals surface area (Å²) >= 11 is 0. The molecule has 0 aliphatic carbocycles. The highest BCUT2D eigenvalue weighted by molar-refractivity contribution is 5.87. The van der Waals surface area contributed by atoms with Crippen molar-refractivity contribution in [3.63, 3.8) is 0 Å². The Morgan fingerprint density at radius 1 is 1.47 bits per heavy atom. The van der Waals surface area contributed by atoms with E-state index in [-0.39, 0.29) is 11.9 Å². The van der Waals surface area contributed by atoms with Gasteiger partial charge in [-0.05, 0) is 37.6 Å². The standard InChI is InChI=1S/C15H21N3O/c1-18-7-6-11(10-18)9-16-15(19)14-8-12-4-2-3-5-13(12)17-14/h2-5,11,14,17H,6-10H2,1H3,(H,16,19). The number of fused-ring (bicyclic) bond motifs is 1. The highest BCUT2D eigenvalue weighted by Gasteiger charge is 2.27. The van der Waals surface area contributed by atoms with Gasteiger partial charge in [-0.1, -0.05) is 18.2 Å². The van der Waals surface area contributed by atoms with Crippen LogP contribution in [-0.4, -0.2) is 43.5 Å². The van der Waals surface area contributed by atoms with Crippen molar-refractivity contribution in [2.75, 3.05) is 32.0 Å². The Bertz CT molecular complexity index is 449. The predicted molar refractivity (Wildman–Crippen MR) is 76.2 cm³/mol. The number of nitrogens with zero attached hydrogens (tertiary/aromatic N) is 1. The largest absolute Gasteiger partial charge is 0.373 e. The lowest BCUT2D eigenvalue weighted by Crippen LogP contribution is -2.40. The summed E-state index contributed by atoms with van der Waals surface area (Å²) in [5, 5.41) is 6.39. The summed E-state index contributed by atoms with van der Waals surface area (Å²) in [7, 11) is 2.14. The van der Waals surface area contributed by atoms with E-state index < -0.39 is 0 Å². The molecule has 2 atom stereocenters. The number of carbonyl (C=O) groups excluding carboxylic acids is 1. The Labute approximate surface area is 114 Å². The summed E-state index contributed by atoms with van der Waals surface area (Å²) in [6.45, 7) is 3.05. The number of anilines is 1. The number of nitrogens with one attached hydrogen (secondary N) is 2. The zero-order chi connectivity index (χ0) is 13.2. The molecule has 3 rings (SSSR count). The molecule has 0 spiro atoms. The number of hydrogen-bond acceptors (Lipinski definition) is 3. The second-order valence-corrected chi connectivity index (χ2v) is 5.72. The van der Waals surface area contributed by atoms with Crippen LogP contribution < -0.4 is 10.6 Å². The zero-order valence-electron chi connectivity index (χ0n) is 11.4. The van der Waals surface area contributed by atoms with E-state index >= 15 is 0 Å². The SMILES string of the molecule is CN1CCC(CNC(=O)C2Cc3ccccc3N2)C1. The van der Waals surface area contributed by atoms with E-state index in [0.717, 1.165) is 31.7 Å². The van der Waals surface area contributed by atoms with Crippen molar-refractivity contribution >= 4 is 11.6 Å². The van der Waals surface area contributed by atoms with E-state index in [1.165, 1.54) is 12.0 Å². The van der Waals surface area contributed by atoms with Crippen molar-refractivity contribution in [3.05, 3.63) is 29.8 Å². The van der Waals surface area contributed by atoms with Crippen LogP contribution in [0.3, 0.4) is 0 Å². The molecule has 2 aliphatic heterocycles. The van der Waals surface area contributed by atoms with Crippen molar-refractivity contribution in [1.82, 2.24) is 10.2 Å². The molecule has 2 aliphatic rings. The quantitative estimate of drug-likeness (QED) is 0.854. The first-order valence-corrected chi connectivity index (χ1v) is 7.03. The molecule has 1 aromatic rings. The molecule has 0 bridgehead atoms. The predicted octanol–water partition coefficient (Wildman–Crippen LogP) is 1.09. The number of rotatable bonds is 3. The van der Waals surface area contributed by atoms with Gasteiger partial charge >= 0.3 is 0 Å². The van der Waals surface area contributed by atoms with E-state index in [4.69, 9.17) is 0 Å². The lowest BCUT2D eigenvalue weighted by Gasteiger charge is -2.15.